The second kappa shape index (κ2) is 10.4. The molecule has 6 heteroatoms. The van der Waals surface area contributed by atoms with Gasteiger partial charge in [0.15, 0.2) is 0 Å². The van der Waals surface area contributed by atoms with E-state index in [9.17, 15) is 8.42 Å². The molecule has 1 saturated heterocycles. The average Bonchev–Trinajstić information content (AvgIpc) is 2.81. The molecule has 34 heavy (non-hydrogen) atoms. The lowest BCUT2D eigenvalue weighted by Gasteiger charge is -2.37. The fourth-order valence-electron chi connectivity index (χ4n) is 5.15. The summed E-state index contributed by atoms with van der Waals surface area (Å²) in [6, 6.07) is 28.9. The third-order valence-electron chi connectivity index (χ3n) is 6.71. The van der Waals surface area contributed by atoms with Crippen LogP contribution in [-0.4, -0.2) is 46.7 Å². The Morgan fingerprint density at radius 2 is 1.29 bits per heavy atom. The number of quaternary nitrogens is 2. The van der Waals surface area contributed by atoms with Crippen molar-refractivity contribution >= 4 is 10.0 Å². The first kappa shape index (κ1) is 24.6. The molecule has 0 spiro atoms. The van der Waals surface area contributed by atoms with E-state index >= 15 is 0 Å². The Bertz CT molecular complexity index is 1120. The summed E-state index contributed by atoms with van der Waals surface area (Å²) in [5.74, 6) is 0. The van der Waals surface area contributed by atoms with Gasteiger partial charge in [-0.25, -0.2) is 8.42 Å². The van der Waals surface area contributed by atoms with Gasteiger partial charge in [0.25, 0.3) is 0 Å². The van der Waals surface area contributed by atoms with Crippen molar-refractivity contribution in [2.24, 2.45) is 0 Å². The Balaban J connectivity index is 1.41. The lowest BCUT2D eigenvalue weighted by atomic mass is 9.96. The summed E-state index contributed by atoms with van der Waals surface area (Å²) in [6.07, 6.45) is 0. The zero-order valence-electron chi connectivity index (χ0n) is 20.4. The second-order valence-electron chi connectivity index (χ2n) is 10.1. The van der Waals surface area contributed by atoms with Crippen LogP contribution in [0.15, 0.2) is 89.8 Å². The molecule has 3 aromatic rings. The van der Waals surface area contributed by atoms with Gasteiger partial charge in [-0.1, -0.05) is 78.4 Å². The van der Waals surface area contributed by atoms with Crippen LogP contribution >= 0.6 is 0 Å². The van der Waals surface area contributed by atoms with E-state index < -0.39 is 15.6 Å². The number of benzene rings is 3. The van der Waals surface area contributed by atoms with Crippen molar-refractivity contribution in [3.05, 3.63) is 102 Å². The van der Waals surface area contributed by atoms with Gasteiger partial charge in [-0.3, -0.25) is 0 Å². The molecule has 4 rings (SSSR count). The first-order chi connectivity index (χ1) is 16.2. The van der Waals surface area contributed by atoms with Crippen LogP contribution in [0, 0.1) is 6.92 Å². The van der Waals surface area contributed by atoms with E-state index in [1.165, 1.54) is 16.0 Å². The molecule has 0 aromatic heterocycles. The molecule has 3 aromatic carbocycles. The molecule has 0 aliphatic carbocycles. The van der Waals surface area contributed by atoms with Crippen molar-refractivity contribution in [1.29, 1.82) is 0 Å². The van der Waals surface area contributed by atoms with Crippen LogP contribution in [-0.2, 0) is 10.0 Å². The van der Waals surface area contributed by atoms with Gasteiger partial charge in [0.2, 0.25) is 10.0 Å². The van der Waals surface area contributed by atoms with E-state index in [0.29, 0.717) is 10.9 Å². The highest BCUT2D eigenvalue weighted by atomic mass is 32.2. The second-order valence-corrected chi connectivity index (χ2v) is 11.8. The molecule has 1 heterocycles. The number of piperazine rings is 1. The highest BCUT2D eigenvalue weighted by Crippen LogP contribution is 2.19. The first-order valence-corrected chi connectivity index (χ1v) is 13.6. The molecule has 5 nitrogen and oxygen atoms in total. The van der Waals surface area contributed by atoms with Crippen molar-refractivity contribution in [2.45, 2.75) is 37.2 Å². The summed E-state index contributed by atoms with van der Waals surface area (Å²) in [7, 11) is -3.55. The SMILES string of the molecule is Cc1ccc(S(=O)(=O)NC(C)(C)C[NH+]2CC[NH+](C(c3ccccc3)c3ccccc3)CC2)cc1. The van der Waals surface area contributed by atoms with E-state index in [4.69, 9.17) is 0 Å². The molecule has 0 atom stereocenters. The molecule has 1 aliphatic heterocycles. The van der Waals surface area contributed by atoms with Crippen molar-refractivity contribution in [1.82, 2.24) is 4.72 Å². The molecule has 0 amide bonds. The maximum absolute atomic E-state index is 12.9. The van der Waals surface area contributed by atoms with Crippen molar-refractivity contribution in [2.75, 3.05) is 32.7 Å². The molecular formula is C28H37N3O2S+2. The van der Waals surface area contributed by atoms with Crippen LogP contribution in [0.2, 0.25) is 0 Å². The minimum absolute atomic E-state index is 0.317. The highest BCUT2D eigenvalue weighted by Gasteiger charge is 2.36. The molecule has 0 bridgehead atoms. The van der Waals surface area contributed by atoms with Crippen molar-refractivity contribution in [3.8, 4) is 0 Å². The predicted octanol–water partition coefficient (Wildman–Crippen LogP) is 1.62. The zero-order chi connectivity index (χ0) is 24.2. The summed E-state index contributed by atoms with van der Waals surface area (Å²) in [4.78, 5) is 3.34. The van der Waals surface area contributed by atoms with Gasteiger partial charge in [0.05, 0.1) is 17.0 Å². The largest absolute Gasteiger partial charge is 0.324 e. The van der Waals surface area contributed by atoms with E-state index in [2.05, 4.69) is 65.4 Å². The van der Waals surface area contributed by atoms with Gasteiger partial charge in [-0.2, -0.15) is 4.72 Å². The number of nitrogens with one attached hydrogen (secondary N) is 3. The van der Waals surface area contributed by atoms with Gasteiger partial charge in [-0.05, 0) is 32.9 Å². The van der Waals surface area contributed by atoms with Crippen LogP contribution in [0.4, 0.5) is 0 Å². The Hall–Kier alpha value is -2.51. The smallest absolute Gasteiger partial charge is 0.241 e. The summed E-state index contributed by atoms with van der Waals surface area (Å²) in [5.41, 5.74) is 3.21. The standard InChI is InChI=1S/C28H35N3O2S/c1-23-14-16-26(17-15-23)34(32,33)29-28(2,3)22-30-18-20-31(21-19-30)27(24-10-6-4-7-11-24)25-12-8-5-9-13-25/h4-17,27,29H,18-22H2,1-3H3/p+2. The Morgan fingerprint density at radius 3 is 1.79 bits per heavy atom. The van der Waals surface area contributed by atoms with E-state index in [1.807, 2.05) is 32.9 Å². The number of rotatable bonds is 8. The summed E-state index contributed by atoms with van der Waals surface area (Å²) < 4.78 is 28.8. The Labute approximate surface area is 204 Å². The molecular weight excluding hydrogens is 442 g/mol. The summed E-state index contributed by atoms with van der Waals surface area (Å²) in [6.45, 7) is 10.8. The number of hydrogen-bond acceptors (Lipinski definition) is 2. The Kier molecular flexibility index (Phi) is 7.53. The van der Waals surface area contributed by atoms with Crippen molar-refractivity contribution < 1.29 is 18.2 Å². The number of hydrogen-bond donors (Lipinski definition) is 3. The fourth-order valence-corrected chi connectivity index (χ4v) is 6.56. The van der Waals surface area contributed by atoms with E-state index in [0.717, 1.165) is 38.3 Å². The van der Waals surface area contributed by atoms with Crippen molar-refractivity contribution in [3.63, 3.8) is 0 Å². The summed E-state index contributed by atoms with van der Waals surface area (Å²) in [5, 5.41) is 0. The lowest BCUT2D eigenvalue weighted by molar-refractivity contribution is -1.02. The Morgan fingerprint density at radius 1 is 0.794 bits per heavy atom. The molecule has 1 fully saturated rings. The van der Waals surface area contributed by atoms with Gasteiger partial charge >= 0.3 is 0 Å². The quantitative estimate of drug-likeness (QED) is 0.460. The predicted molar refractivity (Wildman–Crippen MR) is 137 cm³/mol. The minimum Gasteiger partial charge on any atom is -0.324 e. The van der Waals surface area contributed by atoms with Gasteiger partial charge < -0.3 is 9.80 Å². The summed E-state index contributed by atoms with van der Waals surface area (Å²) >= 11 is 0. The highest BCUT2D eigenvalue weighted by molar-refractivity contribution is 7.89. The van der Waals surface area contributed by atoms with Crippen LogP contribution in [0.1, 0.15) is 36.6 Å². The lowest BCUT2D eigenvalue weighted by Crippen LogP contribution is -3.28. The average molecular weight is 480 g/mol. The molecule has 0 unspecified atom stereocenters. The van der Waals surface area contributed by atoms with E-state index in [1.54, 1.807) is 17.0 Å². The molecule has 180 valence electrons. The van der Waals surface area contributed by atoms with Crippen LogP contribution in [0.5, 0.6) is 0 Å². The minimum atomic E-state index is -3.55. The maximum Gasteiger partial charge on any atom is 0.241 e. The molecule has 3 N–H and O–H groups in total. The third-order valence-corrected chi connectivity index (χ3v) is 8.42. The third kappa shape index (κ3) is 6.13. The van der Waals surface area contributed by atoms with Crippen LogP contribution in [0.3, 0.4) is 0 Å². The molecule has 0 saturated carbocycles. The zero-order valence-corrected chi connectivity index (χ0v) is 21.2. The maximum atomic E-state index is 12.9. The number of aryl methyl sites for hydroxylation is 1. The first-order valence-electron chi connectivity index (χ1n) is 12.1. The fraction of sp³-hybridized carbons (Fsp3) is 0.357. The van der Waals surface area contributed by atoms with E-state index in [-0.39, 0.29) is 0 Å². The molecule has 0 radical (unpaired) electrons. The van der Waals surface area contributed by atoms with Gasteiger partial charge in [0, 0.05) is 11.1 Å². The van der Waals surface area contributed by atoms with Gasteiger partial charge in [-0.15, -0.1) is 0 Å². The number of sulfonamides is 1. The monoisotopic (exact) mass is 479 g/mol. The van der Waals surface area contributed by atoms with Gasteiger partial charge in [0.1, 0.15) is 32.2 Å². The normalized spacial score (nSPS) is 19.3. The topological polar surface area (TPSA) is 55.0 Å². The molecule has 1 aliphatic rings. The van der Waals surface area contributed by atoms with Crippen LogP contribution < -0.4 is 14.5 Å². The van der Waals surface area contributed by atoms with Crippen LogP contribution in [0.25, 0.3) is 0 Å².